The Morgan fingerprint density at radius 2 is 1.84 bits per heavy atom. The lowest BCUT2D eigenvalue weighted by molar-refractivity contribution is 0.156. The average molecular weight is 368 g/mol. The Balaban J connectivity index is 0.000000902. The van der Waals surface area contributed by atoms with Crippen LogP contribution < -0.4 is 5.32 Å². The molecule has 0 radical (unpaired) electrons. The lowest BCUT2D eigenvalue weighted by Crippen LogP contribution is -2.45. The van der Waals surface area contributed by atoms with Gasteiger partial charge in [-0.25, -0.2) is 0 Å². The summed E-state index contributed by atoms with van der Waals surface area (Å²) < 4.78 is 1.20. The second kappa shape index (κ2) is 7.84. The van der Waals surface area contributed by atoms with E-state index in [1.807, 2.05) is 0 Å². The van der Waals surface area contributed by atoms with Crippen LogP contribution >= 0.6 is 40.7 Å². The van der Waals surface area contributed by atoms with Gasteiger partial charge < -0.3 is 5.32 Å². The van der Waals surface area contributed by atoms with Gasteiger partial charge in [0.25, 0.3) is 0 Å². The quantitative estimate of drug-likeness (QED) is 0.877. The third-order valence-electron chi connectivity index (χ3n) is 3.80. The van der Waals surface area contributed by atoms with Crippen molar-refractivity contribution in [3.05, 3.63) is 34.3 Å². The molecular weight excluding hydrogens is 347 g/mol. The van der Waals surface area contributed by atoms with Gasteiger partial charge >= 0.3 is 0 Å². The van der Waals surface area contributed by atoms with E-state index in [9.17, 15) is 0 Å². The van der Waals surface area contributed by atoms with Crippen LogP contribution in [0, 0.1) is 5.92 Å². The van der Waals surface area contributed by atoms with Gasteiger partial charge in [-0.2, -0.15) is 0 Å². The molecule has 0 amide bonds. The number of piperazine rings is 1. The van der Waals surface area contributed by atoms with Gasteiger partial charge in [0.05, 0.1) is 0 Å². The summed E-state index contributed by atoms with van der Waals surface area (Å²) in [6.07, 6.45) is 2.81. The molecule has 1 N–H and O–H groups in total. The second-order valence-electron chi connectivity index (χ2n) is 5.12. The van der Waals surface area contributed by atoms with Crippen LogP contribution in [0.3, 0.4) is 0 Å². The number of halogens is 3. The lowest BCUT2D eigenvalue weighted by atomic mass is 10.00. The van der Waals surface area contributed by atoms with E-state index in [1.165, 1.54) is 36.0 Å². The summed E-state index contributed by atoms with van der Waals surface area (Å²) in [4.78, 5) is 2.66. The Labute approximate surface area is 136 Å². The SMILES string of the molecule is Brc1cccc([C@H](C2CC2)N2CCNCC2)c1.Cl.Cl. The van der Waals surface area contributed by atoms with Crippen molar-refractivity contribution in [2.24, 2.45) is 5.92 Å². The second-order valence-corrected chi connectivity index (χ2v) is 6.04. The molecule has 1 atom stereocenters. The van der Waals surface area contributed by atoms with Crippen molar-refractivity contribution < 1.29 is 0 Å². The first kappa shape index (κ1) is 17.3. The average Bonchev–Trinajstić information content (AvgIpc) is 3.15. The van der Waals surface area contributed by atoms with Gasteiger partial charge in [-0.3, -0.25) is 4.90 Å². The van der Waals surface area contributed by atoms with Gasteiger partial charge in [0.1, 0.15) is 0 Å². The zero-order chi connectivity index (χ0) is 11.7. The van der Waals surface area contributed by atoms with Crippen LogP contribution in [0.1, 0.15) is 24.4 Å². The molecule has 1 aliphatic heterocycles. The maximum atomic E-state index is 3.59. The van der Waals surface area contributed by atoms with Crippen LogP contribution in [0.4, 0.5) is 0 Å². The molecule has 108 valence electrons. The van der Waals surface area contributed by atoms with E-state index >= 15 is 0 Å². The standard InChI is InChI=1S/C14H19BrN2.2ClH/c15-13-3-1-2-12(10-13)14(11-4-5-11)17-8-6-16-7-9-17;;/h1-3,10-11,14,16H,4-9H2;2*1H/t14-;;/m0../s1. The fraction of sp³-hybridized carbons (Fsp3) is 0.571. The first-order chi connectivity index (χ1) is 8.34. The molecule has 3 rings (SSSR count). The molecule has 1 aromatic rings. The van der Waals surface area contributed by atoms with Crippen LogP contribution in [0.5, 0.6) is 0 Å². The van der Waals surface area contributed by atoms with E-state index < -0.39 is 0 Å². The minimum absolute atomic E-state index is 0. The minimum Gasteiger partial charge on any atom is -0.314 e. The van der Waals surface area contributed by atoms with E-state index in [1.54, 1.807) is 0 Å². The van der Waals surface area contributed by atoms with Crippen molar-refractivity contribution in [1.82, 2.24) is 10.2 Å². The molecular formula is C14H21BrCl2N2. The predicted molar refractivity (Wildman–Crippen MR) is 88.5 cm³/mol. The topological polar surface area (TPSA) is 15.3 Å². The van der Waals surface area contributed by atoms with E-state index in [4.69, 9.17) is 0 Å². The number of nitrogens with one attached hydrogen (secondary N) is 1. The Kier molecular flexibility index (Phi) is 7.12. The maximum Gasteiger partial charge on any atom is 0.0377 e. The summed E-state index contributed by atoms with van der Waals surface area (Å²) >= 11 is 3.59. The van der Waals surface area contributed by atoms with Crippen LogP contribution in [0.25, 0.3) is 0 Å². The molecule has 1 saturated heterocycles. The van der Waals surface area contributed by atoms with Crippen molar-refractivity contribution >= 4 is 40.7 Å². The van der Waals surface area contributed by atoms with Gasteiger partial charge in [0.2, 0.25) is 0 Å². The summed E-state index contributed by atoms with van der Waals surface area (Å²) in [5.41, 5.74) is 1.49. The summed E-state index contributed by atoms with van der Waals surface area (Å²) in [5.74, 6) is 0.891. The maximum absolute atomic E-state index is 3.59. The van der Waals surface area contributed by atoms with Gasteiger partial charge in [0, 0.05) is 36.7 Å². The van der Waals surface area contributed by atoms with Crippen molar-refractivity contribution in [2.45, 2.75) is 18.9 Å². The van der Waals surface area contributed by atoms with Gasteiger partial charge in [-0.05, 0) is 36.5 Å². The first-order valence-electron chi connectivity index (χ1n) is 6.55. The smallest absolute Gasteiger partial charge is 0.0377 e. The summed E-state index contributed by atoms with van der Waals surface area (Å²) in [6.45, 7) is 4.65. The zero-order valence-electron chi connectivity index (χ0n) is 10.8. The molecule has 1 aliphatic carbocycles. The molecule has 0 aromatic heterocycles. The predicted octanol–water partition coefficient (Wildman–Crippen LogP) is 3.65. The first-order valence-corrected chi connectivity index (χ1v) is 7.34. The largest absolute Gasteiger partial charge is 0.314 e. The lowest BCUT2D eigenvalue weighted by Gasteiger charge is -2.35. The number of rotatable bonds is 3. The highest BCUT2D eigenvalue weighted by molar-refractivity contribution is 9.10. The number of nitrogens with zero attached hydrogens (tertiary/aromatic N) is 1. The van der Waals surface area contributed by atoms with Crippen molar-refractivity contribution in [2.75, 3.05) is 26.2 Å². The molecule has 2 fully saturated rings. The third-order valence-corrected chi connectivity index (χ3v) is 4.30. The molecule has 19 heavy (non-hydrogen) atoms. The van der Waals surface area contributed by atoms with Crippen LogP contribution in [0.15, 0.2) is 28.7 Å². The normalized spacial score (nSPS) is 21.1. The fourth-order valence-electron chi connectivity index (χ4n) is 2.84. The van der Waals surface area contributed by atoms with Crippen molar-refractivity contribution in [3.8, 4) is 0 Å². The fourth-order valence-corrected chi connectivity index (χ4v) is 3.26. The molecule has 1 saturated carbocycles. The summed E-state index contributed by atoms with van der Waals surface area (Å²) in [7, 11) is 0. The van der Waals surface area contributed by atoms with Gasteiger partial charge in [-0.15, -0.1) is 24.8 Å². The molecule has 2 nitrogen and oxygen atoms in total. The van der Waals surface area contributed by atoms with Crippen LogP contribution in [-0.4, -0.2) is 31.1 Å². The Bertz CT molecular complexity index is 393. The van der Waals surface area contributed by atoms with E-state index in [0.717, 1.165) is 19.0 Å². The van der Waals surface area contributed by atoms with Crippen molar-refractivity contribution in [3.63, 3.8) is 0 Å². The van der Waals surface area contributed by atoms with Crippen LogP contribution in [0.2, 0.25) is 0 Å². The van der Waals surface area contributed by atoms with E-state index in [-0.39, 0.29) is 24.8 Å². The highest BCUT2D eigenvalue weighted by atomic mass is 79.9. The van der Waals surface area contributed by atoms with Crippen LogP contribution in [-0.2, 0) is 0 Å². The van der Waals surface area contributed by atoms with E-state index in [0.29, 0.717) is 6.04 Å². The third kappa shape index (κ3) is 4.33. The summed E-state index contributed by atoms with van der Waals surface area (Å²) in [5, 5.41) is 3.44. The van der Waals surface area contributed by atoms with Crippen molar-refractivity contribution in [1.29, 1.82) is 0 Å². The zero-order valence-corrected chi connectivity index (χ0v) is 14.1. The highest BCUT2D eigenvalue weighted by Gasteiger charge is 2.36. The Morgan fingerprint density at radius 3 is 2.42 bits per heavy atom. The molecule has 0 bridgehead atoms. The highest BCUT2D eigenvalue weighted by Crippen LogP contribution is 2.44. The van der Waals surface area contributed by atoms with Gasteiger partial charge in [-0.1, -0.05) is 28.1 Å². The van der Waals surface area contributed by atoms with E-state index in [2.05, 4.69) is 50.4 Å². The monoisotopic (exact) mass is 366 g/mol. The Hall–Kier alpha value is 0.200. The number of benzene rings is 1. The molecule has 5 heteroatoms. The minimum atomic E-state index is 0. The number of hydrogen-bond acceptors (Lipinski definition) is 2. The molecule has 1 heterocycles. The Morgan fingerprint density at radius 1 is 1.16 bits per heavy atom. The molecule has 0 spiro atoms. The van der Waals surface area contributed by atoms with Gasteiger partial charge in [0.15, 0.2) is 0 Å². The number of hydrogen-bond donors (Lipinski definition) is 1. The molecule has 1 aromatic carbocycles. The molecule has 2 aliphatic rings. The summed E-state index contributed by atoms with van der Waals surface area (Å²) in [6, 6.07) is 9.51. The molecule has 0 unspecified atom stereocenters.